The minimum atomic E-state index is -0.743. The largest absolute Gasteiger partial charge is 0.398 e. The third-order valence-electron chi connectivity index (χ3n) is 2.81. The number of nitrogens with two attached hydrogens (primary N) is 1. The molecule has 16 heavy (non-hydrogen) atoms. The monoisotopic (exact) mass is 240 g/mol. The predicted octanol–water partition coefficient (Wildman–Crippen LogP) is 2.15. The molecular weight excluding hydrogens is 220 g/mol. The second kappa shape index (κ2) is 5.89. The molecule has 1 aromatic rings. The van der Waals surface area contributed by atoms with Crippen LogP contribution in [0.3, 0.4) is 0 Å². The molecule has 0 saturated carbocycles. The maximum atomic E-state index is 11.2. The van der Waals surface area contributed by atoms with Crippen molar-refractivity contribution in [2.75, 3.05) is 23.9 Å². The van der Waals surface area contributed by atoms with Crippen LogP contribution in [0.2, 0.25) is 0 Å². The minimum Gasteiger partial charge on any atom is -0.398 e. The van der Waals surface area contributed by atoms with E-state index in [1.165, 1.54) is 0 Å². The highest BCUT2D eigenvalue weighted by atomic mass is 32.2. The first-order chi connectivity index (χ1) is 7.52. The Balaban J connectivity index is 2.49. The van der Waals surface area contributed by atoms with Gasteiger partial charge in [-0.1, -0.05) is 13.0 Å². The molecule has 0 fully saturated rings. The standard InChI is InChI=1S/C12H20N2OS/c1-9(16(3)15)7-8-14-12-6-4-5-11(13)10(12)2/h4-6,9,14H,7-8,13H2,1-3H3. The Morgan fingerprint density at radius 2 is 2.19 bits per heavy atom. The van der Waals surface area contributed by atoms with E-state index in [2.05, 4.69) is 5.32 Å². The van der Waals surface area contributed by atoms with E-state index in [0.29, 0.717) is 0 Å². The number of nitrogens with one attached hydrogen (secondary N) is 1. The molecule has 3 nitrogen and oxygen atoms in total. The van der Waals surface area contributed by atoms with E-state index < -0.39 is 10.8 Å². The predicted molar refractivity (Wildman–Crippen MR) is 72.2 cm³/mol. The lowest BCUT2D eigenvalue weighted by Gasteiger charge is -2.13. The average molecular weight is 240 g/mol. The maximum absolute atomic E-state index is 11.2. The number of nitrogen functional groups attached to an aromatic ring is 1. The molecular formula is C12H20N2OS. The zero-order chi connectivity index (χ0) is 12.1. The van der Waals surface area contributed by atoms with Crippen molar-refractivity contribution in [3.05, 3.63) is 23.8 Å². The second-order valence-electron chi connectivity index (χ2n) is 4.04. The molecule has 1 rings (SSSR count). The van der Waals surface area contributed by atoms with E-state index in [-0.39, 0.29) is 5.25 Å². The molecule has 1 aromatic carbocycles. The average Bonchev–Trinajstić information content (AvgIpc) is 2.24. The molecule has 0 radical (unpaired) electrons. The van der Waals surface area contributed by atoms with Gasteiger partial charge in [0.2, 0.25) is 0 Å². The SMILES string of the molecule is Cc1c(N)cccc1NCCC(C)S(C)=O. The van der Waals surface area contributed by atoms with Gasteiger partial charge in [-0.25, -0.2) is 0 Å². The summed E-state index contributed by atoms with van der Waals surface area (Å²) in [5.74, 6) is 0. The summed E-state index contributed by atoms with van der Waals surface area (Å²) in [6, 6.07) is 5.84. The van der Waals surface area contributed by atoms with Crippen molar-refractivity contribution in [3.63, 3.8) is 0 Å². The van der Waals surface area contributed by atoms with E-state index in [1.807, 2.05) is 32.0 Å². The summed E-state index contributed by atoms with van der Waals surface area (Å²) >= 11 is 0. The van der Waals surface area contributed by atoms with Crippen LogP contribution in [0.4, 0.5) is 11.4 Å². The van der Waals surface area contributed by atoms with Gasteiger partial charge in [0.25, 0.3) is 0 Å². The fourth-order valence-electron chi connectivity index (χ4n) is 1.42. The van der Waals surface area contributed by atoms with Crippen LogP contribution < -0.4 is 11.1 Å². The summed E-state index contributed by atoms with van der Waals surface area (Å²) in [4.78, 5) is 0. The Labute approximate surface area is 99.9 Å². The fourth-order valence-corrected chi connectivity index (χ4v) is 1.87. The number of hydrogen-bond donors (Lipinski definition) is 2. The smallest absolute Gasteiger partial charge is 0.0390 e. The number of rotatable bonds is 5. The topological polar surface area (TPSA) is 55.1 Å². The molecule has 4 heteroatoms. The fraction of sp³-hybridized carbons (Fsp3) is 0.500. The molecule has 90 valence electrons. The maximum Gasteiger partial charge on any atom is 0.0390 e. The molecule has 0 aliphatic rings. The summed E-state index contributed by atoms with van der Waals surface area (Å²) < 4.78 is 11.2. The molecule has 0 bridgehead atoms. The highest BCUT2D eigenvalue weighted by Crippen LogP contribution is 2.20. The van der Waals surface area contributed by atoms with Crippen LogP contribution in [0.1, 0.15) is 18.9 Å². The lowest BCUT2D eigenvalue weighted by Crippen LogP contribution is -2.15. The summed E-state index contributed by atoms with van der Waals surface area (Å²) in [5.41, 5.74) is 8.76. The van der Waals surface area contributed by atoms with Crippen LogP contribution >= 0.6 is 0 Å². The normalized spacial score (nSPS) is 14.4. The Morgan fingerprint density at radius 3 is 2.81 bits per heavy atom. The molecule has 2 atom stereocenters. The number of benzene rings is 1. The molecule has 0 aliphatic heterocycles. The lowest BCUT2D eigenvalue weighted by molar-refractivity contribution is 0.672. The summed E-state index contributed by atoms with van der Waals surface area (Å²) in [5, 5.41) is 3.56. The Kier molecular flexibility index (Phi) is 4.80. The van der Waals surface area contributed by atoms with Crippen molar-refractivity contribution in [1.29, 1.82) is 0 Å². The van der Waals surface area contributed by atoms with Crippen molar-refractivity contribution in [2.24, 2.45) is 0 Å². The highest BCUT2D eigenvalue weighted by Gasteiger charge is 2.06. The van der Waals surface area contributed by atoms with Crippen molar-refractivity contribution in [1.82, 2.24) is 0 Å². The van der Waals surface area contributed by atoms with Gasteiger partial charge in [-0.3, -0.25) is 4.21 Å². The molecule has 0 saturated heterocycles. The van der Waals surface area contributed by atoms with Crippen LogP contribution in [-0.2, 0) is 10.8 Å². The van der Waals surface area contributed by atoms with Crippen LogP contribution in [0.5, 0.6) is 0 Å². The van der Waals surface area contributed by atoms with Crippen molar-refractivity contribution in [2.45, 2.75) is 25.5 Å². The minimum absolute atomic E-state index is 0.230. The van der Waals surface area contributed by atoms with E-state index in [0.717, 1.165) is 29.9 Å². The van der Waals surface area contributed by atoms with Crippen molar-refractivity contribution in [3.8, 4) is 0 Å². The molecule has 0 heterocycles. The number of hydrogen-bond acceptors (Lipinski definition) is 3. The first-order valence-electron chi connectivity index (χ1n) is 5.43. The van der Waals surface area contributed by atoms with Gasteiger partial charge in [0, 0.05) is 40.2 Å². The molecule has 2 unspecified atom stereocenters. The first-order valence-corrected chi connectivity index (χ1v) is 7.05. The Hall–Kier alpha value is -1.03. The zero-order valence-corrected chi connectivity index (χ0v) is 10.9. The van der Waals surface area contributed by atoms with Gasteiger partial charge in [-0.15, -0.1) is 0 Å². The zero-order valence-electron chi connectivity index (χ0n) is 10.1. The second-order valence-corrected chi connectivity index (χ2v) is 5.85. The quantitative estimate of drug-likeness (QED) is 0.775. The van der Waals surface area contributed by atoms with Gasteiger partial charge in [0.05, 0.1) is 0 Å². The van der Waals surface area contributed by atoms with E-state index in [1.54, 1.807) is 6.26 Å². The molecule has 0 aliphatic carbocycles. The Bertz CT molecular complexity index is 379. The highest BCUT2D eigenvalue weighted by molar-refractivity contribution is 7.84. The summed E-state index contributed by atoms with van der Waals surface area (Å²) in [6.45, 7) is 4.83. The third kappa shape index (κ3) is 3.52. The van der Waals surface area contributed by atoms with Gasteiger partial charge in [-0.2, -0.15) is 0 Å². The Morgan fingerprint density at radius 1 is 1.50 bits per heavy atom. The van der Waals surface area contributed by atoms with Gasteiger partial charge in [-0.05, 0) is 31.0 Å². The van der Waals surface area contributed by atoms with Crippen molar-refractivity contribution >= 4 is 22.2 Å². The van der Waals surface area contributed by atoms with E-state index in [4.69, 9.17) is 5.73 Å². The number of anilines is 2. The van der Waals surface area contributed by atoms with E-state index >= 15 is 0 Å². The van der Waals surface area contributed by atoms with Gasteiger partial charge >= 0.3 is 0 Å². The first kappa shape index (κ1) is 13.0. The summed E-state index contributed by atoms with van der Waals surface area (Å²) in [7, 11) is -0.743. The lowest BCUT2D eigenvalue weighted by atomic mass is 10.1. The van der Waals surface area contributed by atoms with Crippen LogP contribution in [0, 0.1) is 6.92 Å². The summed E-state index contributed by atoms with van der Waals surface area (Å²) in [6.07, 6.45) is 2.65. The van der Waals surface area contributed by atoms with Crippen LogP contribution in [-0.4, -0.2) is 22.3 Å². The van der Waals surface area contributed by atoms with E-state index in [9.17, 15) is 4.21 Å². The molecule has 0 aromatic heterocycles. The molecule has 3 N–H and O–H groups in total. The van der Waals surface area contributed by atoms with Gasteiger partial charge in [0.1, 0.15) is 0 Å². The van der Waals surface area contributed by atoms with Gasteiger partial charge in [0.15, 0.2) is 0 Å². The van der Waals surface area contributed by atoms with Crippen LogP contribution in [0.15, 0.2) is 18.2 Å². The van der Waals surface area contributed by atoms with Gasteiger partial charge < -0.3 is 11.1 Å². The molecule has 0 spiro atoms. The van der Waals surface area contributed by atoms with Crippen molar-refractivity contribution < 1.29 is 4.21 Å². The molecule has 0 amide bonds. The third-order valence-corrected chi connectivity index (χ3v) is 4.18. The van der Waals surface area contributed by atoms with Crippen LogP contribution in [0.25, 0.3) is 0 Å².